The van der Waals surface area contributed by atoms with E-state index < -0.39 is 5.97 Å². The molecule has 3 rings (SSSR count). The van der Waals surface area contributed by atoms with Gasteiger partial charge in [0.2, 0.25) is 0 Å². The number of carbonyl (C=O) groups excluding carboxylic acids is 1. The molecule has 0 unspecified atom stereocenters. The number of esters is 1. The van der Waals surface area contributed by atoms with Gasteiger partial charge in [0.25, 0.3) is 0 Å². The van der Waals surface area contributed by atoms with Crippen LogP contribution in [0.5, 0.6) is 0 Å². The second kappa shape index (κ2) is 7.85. The van der Waals surface area contributed by atoms with Crippen LogP contribution in [0.25, 0.3) is 11.1 Å². The number of allylic oxidation sites excluding steroid dienone is 1. The molecule has 0 saturated heterocycles. The number of methoxy groups -OCH3 is 1. The van der Waals surface area contributed by atoms with Crippen LogP contribution in [-0.4, -0.2) is 18.1 Å². The van der Waals surface area contributed by atoms with Crippen molar-refractivity contribution in [2.75, 3.05) is 12.4 Å². The third-order valence-electron chi connectivity index (χ3n) is 3.77. The molecule has 1 N–H and O–H groups in total. The minimum atomic E-state index is -0.530. The van der Waals surface area contributed by atoms with Crippen molar-refractivity contribution < 1.29 is 13.9 Å². The molecule has 27 heavy (non-hydrogen) atoms. The summed E-state index contributed by atoms with van der Waals surface area (Å²) in [5, 5.41) is 20.6. The highest BCUT2D eigenvalue weighted by molar-refractivity contribution is 5.98. The predicted octanol–water partition coefficient (Wildman–Crippen LogP) is 3.55. The lowest BCUT2D eigenvalue weighted by atomic mass is 10.1. The number of nitriles is 2. The van der Waals surface area contributed by atoms with Crippen LogP contribution < -0.4 is 5.32 Å². The molecule has 3 aromatic rings. The van der Waals surface area contributed by atoms with Gasteiger partial charge < -0.3 is 14.5 Å². The largest absolute Gasteiger partial charge is 0.465 e. The van der Waals surface area contributed by atoms with E-state index in [4.69, 9.17) is 19.7 Å². The summed E-state index contributed by atoms with van der Waals surface area (Å²) >= 11 is 0. The number of anilines is 1. The van der Waals surface area contributed by atoms with Crippen molar-refractivity contribution in [1.29, 1.82) is 10.5 Å². The molecule has 0 aliphatic heterocycles. The molecule has 2 aromatic carbocycles. The van der Waals surface area contributed by atoms with Crippen molar-refractivity contribution in [2.45, 2.75) is 6.42 Å². The average Bonchev–Trinajstić information content (AvgIpc) is 3.11. The summed E-state index contributed by atoms with van der Waals surface area (Å²) in [5.41, 5.74) is 2.48. The summed E-state index contributed by atoms with van der Waals surface area (Å²) in [7, 11) is 1.28. The van der Waals surface area contributed by atoms with E-state index in [1.54, 1.807) is 18.2 Å². The number of oxazole rings is 1. The normalized spacial score (nSPS) is 9.89. The van der Waals surface area contributed by atoms with E-state index in [1.807, 2.05) is 30.3 Å². The van der Waals surface area contributed by atoms with Gasteiger partial charge in [0, 0.05) is 12.6 Å². The molecular formula is C20H14N4O3. The Labute approximate surface area is 155 Å². The molecule has 0 aliphatic carbocycles. The van der Waals surface area contributed by atoms with Gasteiger partial charge in [0.1, 0.15) is 23.2 Å². The van der Waals surface area contributed by atoms with Crippen molar-refractivity contribution in [1.82, 2.24) is 4.98 Å². The topological polar surface area (TPSA) is 112 Å². The fraction of sp³-hybridized carbons (Fsp3) is 0.100. The first-order chi connectivity index (χ1) is 13.1. The van der Waals surface area contributed by atoms with Crippen LogP contribution in [0.4, 0.5) is 5.69 Å². The fourth-order valence-electron chi connectivity index (χ4n) is 2.51. The van der Waals surface area contributed by atoms with E-state index in [-0.39, 0.29) is 11.1 Å². The summed E-state index contributed by atoms with van der Waals surface area (Å²) in [6.45, 7) is 0. The second-order valence-electron chi connectivity index (χ2n) is 5.56. The lowest BCUT2D eigenvalue weighted by Crippen LogP contribution is -2.02. The van der Waals surface area contributed by atoms with Crippen LogP contribution in [-0.2, 0) is 11.2 Å². The second-order valence-corrected chi connectivity index (χ2v) is 5.56. The molecule has 7 heteroatoms. The summed E-state index contributed by atoms with van der Waals surface area (Å²) in [5.74, 6) is -0.0524. The van der Waals surface area contributed by atoms with E-state index in [9.17, 15) is 4.79 Å². The Morgan fingerprint density at radius 3 is 2.67 bits per heavy atom. The molecule has 0 radical (unpaired) electrons. The number of ether oxygens (including phenoxy) is 1. The highest BCUT2D eigenvalue weighted by Crippen LogP contribution is 2.28. The number of benzene rings is 2. The molecule has 0 saturated carbocycles. The van der Waals surface area contributed by atoms with Crippen molar-refractivity contribution in [2.24, 2.45) is 0 Å². The Balaban J connectivity index is 2.05. The minimum Gasteiger partial charge on any atom is -0.465 e. The van der Waals surface area contributed by atoms with E-state index in [2.05, 4.69) is 10.3 Å². The quantitative estimate of drug-likeness (QED) is 0.548. The number of fused-ring (bicyclic) bond motifs is 1. The molecule has 0 atom stereocenters. The average molecular weight is 358 g/mol. The number of hydrogen-bond donors (Lipinski definition) is 1. The lowest BCUT2D eigenvalue weighted by molar-refractivity contribution is 0.0601. The standard InChI is InChI=1S/C20H14N4O3/c1-26-20(25)15-8-16(23-12-14(10-21)11-22)19-17(9-15)24-18(27-19)7-13-5-3-2-4-6-13/h2-6,8-9,12,23H,7H2,1H3. The molecule has 0 fully saturated rings. The maximum atomic E-state index is 11.9. The van der Waals surface area contributed by atoms with Crippen LogP contribution in [0.2, 0.25) is 0 Å². The maximum Gasteiger partial charge on any atom is 0.338 e. The monoisotopic (exact) mass is 358 g/mol. The van der Waals surface area contributed by atoms with E-state index in [0.29, 0.717) is 29.1 Å². The van der Waals surface area contributed by atoms with E-state index in [0.717, 1.165) is 5.56 Å². The highest BCUT2D eigenvalue weighted by Gasteiger charge is 2.16. The van der Waals surface area contributed by atoms with Gasteiger partial charge in [-0.1, -0.05) is 30.3 Å². The number of aromatic nitrogens is 1. The predicted molar refractivity (Wildman–Crippen MR) is 97.5 cm³/mol. The smallest absolute Gasteiger partial charge is 0.338 e. The Morgan fingerprint density at radius 2 is 2.00 bits per heavy atom. The molecule has 1 heterocycles. The summed E-state index contributed by atoms with van der Waals surface area (Å²) < 4.78 is 10.6. The van der Waals surface area contributed by atoms with Crippen molar-refractivity contribution in [3.63, 3.8) is 0 Å². The first kappa shape index (κ1) is 17.7. The van der Waals surface area contributed by atoms with Crippen molar-refractivity contribution >= 4 is 22.8 Å². The number of hydrogen-bond acceptors (Lipinski definition) is 7. The molecular weight excluding hydrogens is 344 g/mol. The van der Waals surface area contributed by atoms with Crippen LogP contribution in [0.1, 0.15) is 21.8 Å². The van der Waals surface area contributed by atoms with Gasteiger partial charge >= 0.3 is 5.97 Å². The first-order valence-electron chi connectivity index (χ1n) is 7.97. The van der Waals surface area contributed by atoms with Crippen LogP contribution in [0, 0.1) is 22.7 Å². The molecule has 0 amide bonds. The van der Waals surface area contributed by atoms with Gasteiger partial charge in [-0.3, -0.25) is 0 Å². The molecule has 132 valence electrons. The minimum absolute atomic E-state index is 0.115. The summed E-state index contributed by atoms with van der Waals surface area (Å²) in [4.78, 5) is 16.4. The van der Waals surface area contributed by atoms with Gasteiger partial charge in [0.15, 0.2) is 11.5 Å². The Kier molecular flexibility index (Phi) is 5.15. The van der Waals surface area contributed by atoms with E-state index >= 15 is 0 Å². The molecule has 7 nitrogen and oxygen atoms in total. The SMILES string of the molecule is COC(=O)c1cc(NC=C(C#N)C#N)c2oc(Cc3ccccc3)nc2c1. The number of nitrogens with zero attached hydrogens (tertiary/aromatic N) is 3. The van der Waals surface area contributed by atoms with Crippen molar-refractivity contribution in [3.8, 4) is 12.1 Å². The Hall–Kier alpha value is -4.10. The molecule has 0 bridgehead atoms. The zero-order valence-electron chi connectivity index (χ0n) is 14.4. The number of nitrogens with one attached hydrogen (secondary N) is 1. The first-order valence-corrected chi connectivity index (χ1v) is 7.97. The molecule has 1 aromatic heterocycles. The van der Waals surface area contributed by atoms with Gasteiger partial charge in [-0.25, -0.2) is 9.78 Å². The van der Waals surface area contributed by atoms with Gasteiger partial charge in [0.05, 0.1) is 18.4 Å². The fourth-order valence-corrected chi connectivity index (χ4v) is 2.51. The maximum absolute atomic E-state index is 11.9. The molecule has 0 aliphatic rings. The Bertz CT molecular complexity index is 1090. The zero-order valence-corrected chi connectivity index (χ0v) is 14.4. The highest BCUT2D eigenvalue weighted by atomic mass is 16.5. The van der Waals surface area contributed by atoms with Gasteiger partial charge in [-0.05, 0) is 17.7 Å². The third kappa shape index (κ3) is 3.94. The zero-order chi connectivity index (χ0) is 19.2. The Morgan fingerprint density at radius 1 is 1.26 bits per heavy atom. The summed E-state index contributed by atoms with van der Waals surface area (Å²) in [6, 6.07) is 16.3. The number of carbonyl (C=O) groups is 1. The van der Waals surface area contributed by atoms with Crippen LogP contribution in [0.15, 0.2) is 58.7 Å². The van der Waals surface area contributed by atoms with Crippen molar-refractivity contribution in [3.05, 3.63) is 71.3 Å². The molecule has 0 spiro atoms. The lowest BCUT2D eigenvalue weighted by Gasteiger charge is -2.04. The summed E-state index contributed by atoms with van der Waals surface area (Å²) in [6.07, 6.45) is 1.73. The van der Waals surface area contributed by atoms with Crippen LogP contribution in [0.3, 0.4) is 0 Å². The van der Waals surface area contributed by atoms with Crippen LogP contribution >= 0.6 is 0 Å². The number of rotatable bonds is 5. The third-order valence-corrected chi connectivity index (χ3v) is 3.77. The van der Waals surface area contributed by atoms with Gasteiger partial charge in [-0.2, -0.15) is 10.5 Å². The van der Waals surface area contributed by atoms with E-state index in [1.165, 1.54) is 19.4 Å². The van der Waals surface area contributed by atoms with Gasteiger partial charge in [-0.15, -0.1) is 0 Å².